The summed E-state index contributed by atoms with van der Waals surface area (Å²) in [5.74, 6) is -1.14. The van der Waals surface area contributed by atoms with Gasteiger partial charge in [0.1, 0.15) is 36.6 Å². The van der Waals surface area contributed by atoms with Crippen molar-refractivity contribution in [3.05, 3.63) is 58.6 Å². The Labute approximate surface area is 281 Å². The highest BCUT2D eigenvalue weighted by atomic mass is 35.5. The number of amides is 2. The number of carbonyl (C=O) groups is 2. The molecule has 0 spiro atoms. The normalized spacial score (nSPS) is 32.1. The average molecular weight is 697 g/mol. The fourth-order valence-corrected chi connectivity index (χ4v) is 7.79. The van der Waals surface area contributed by atoms with Crippen molar-refractivity contribution in [2.24, 2.45) is 0 Å². The van der Waals surface area contributed by atoms with Gasteiger partial charge in [-0.05, 0) is 19.2 Å². The molecule has 15 nitrogen and oxygen atoms in total. The van der Waals surface area contributed by atoms with E-state index >= 15 is 0 Å². The van der Waals surface area contributed by atoms with Crippen molar-refractivity contribution in [3.8, 4) is 0 Å². The Morgan fingerprint density at radius 3 is 2.43 bits per heavy atom. The van der Waals surface area contributed by atoms with Gasteiger partial charge in [0.05, 0.1) is 45.9 Å². The van der Waals surface area contributed by atoms with Crippen molar-refractivity contribution in [2.45, 2.75) is 54.9 Å². The number of fused-ring (bicyclic) bond motifs is 10. The van der Waals surface area contributed by atoms with Crippen LogP contribution in [0.15, 0.2) is 42.5 Å². The van der Waals surface area contributed by atoms with Crippen LogP contribution in [-0.4, -0.2) is 123 Å². The smallest absolute Gasteiger partial charge is 0.259 e. The third-order valence-corrected chi connectivity index (χ3v) is 10.3. The van der Waals surface area contributed by atoms with E-state index in [1.807, 2.05) is 24.3 Å². The molecule has 2 fully saturated rings. The molecule has 2 amide bonds. The molecule has 2 aromatic heterocycles. The molecule has 49 heavy (non-hydrogen) atoms. The lowest BCUT2D eigenvalue weighted by molar-refractivity contribution is -0.319. The van der Waals surface area contributed by atoms with E-state index in [-0.39, 0.29) is 22.8 Å². The van der Waals surface area contributed by atoms with Gasteiger partial charge in [0.25, 0.3) is 11.8 Å². The van der Waals surface area contributed by atoms with Crippen LogP contribution in [-0.2, 0) is 18.9 Å². The summed E-state index contributed by atoms with van der Waals surface area (Å²) in [6.45, 7) is -0.763. The number of carbonyl (C=O) groups excluding carboxylic acids is 2. The molecule has 5 aromatic rings. The number of nitrogens with zero attached hydrogens (tertiary/aromatic N) is 1. The number of hydrogen-bond acceptors (Lipinski definition) is 12. The fourth-order valence-electron chi connectivity index (χ4n) is 7.53. The van der Waals surface area contributed by atoms with Crippen LogP contribution in [0.5, 0.6) is 0 Å². The molecule has 0 bridgehead atoms. The molecular formula is C33H33ClN4O11. The van der Waals surface area contributed by atoms with Crippen LogP contribution in [0.3, 0.4) is 0 Å². The molecule has 3 aliphatic rings. The number of aromatic nitrogens is 2. The Bertz CT molecular complexity index is 2170. The summed E-state index contributed by atoms with van der Waals surface area (Å²) in [5, 5.41) is 62.0. The number of ether oxygens (including phenoxy) is 4. The van der Waals surface area contributed by atoms with Crippen molar-refractivity contribution in [1.29, 1.82) is 0 Å². The number of hydrogen-bond donors (Lipinski definition) is 8. The molecule has 5 heterocycles. The van der Waals surface area contributed by atoms with E-state index in [2.05, 4.69) is 15.6 Å². The molecule has 0 radical (unpaired) electrons. The molecule has 16 heteroatoms. The van der Waals surface area contributed by atoms with E-state index in [4.69, 9.17) is 30.5 Å². The first-order chi connectivity index (χ1) is 23.5. The molecule has 258 valence electrons. The van der Waals surface area contributed by atoms with Gasteiger partial charge in [-0.1, -0.05) is 41.9 Å². The molecule has 2 saturated heterocycles. The molecule has 0 aliphatic carbocycles. The van der Waals surface area contributed by atoms with Crippen molar-refractivity contribution >= 4 is 67.0 Å². The van der Waals surface area contributed by atoms with Crippen LogP contribution in [0.2, 0.25) is 5.02 Å². The standard InChI is InChI=1S/C33H33ClN4O11/c1-35-33(45)11-48-32(26(41)28(33)42)47-10-16-27(46-2)24(39)25(40)31(49-16)38-22-13(7-5-8-14(22)34)18-20-19(29(43)37-30(20)44)17-12-6-3-4-9-15(12)36-21(17)23(18)38/h3-9,16,24-28,31-32,35-36,39-42,45H,10-11H2,1-2H3,(H,37,43,44)/t16-,24-,25-,26+,27-,28+,31-,32-,33+/m1/s1. The van der Waals surface area contributed by atoms with E-state index in [1.165, 1.54) is 14.2 Å². The number of para-hydroxylation sites is 2. The number of halogens is 1. The first kappa shape index (κ1) is 32.5. The van der Waals surface area contributed by atoms with E-state index in [0.717, 1.165) is 0 Å². The molecule has 9 atom stereocenters. The summed E-state index contributed by atoms with van der Waals surface area (Å²) in [5.41, 5.74) is 0.370. The molecule has 3 aliphatic heterocycles. The summed E-state index contributed by atoms with van der Waals surface area (Å²) >= 11 is 6.86. The Balaban J connectivity index is 1.30. The molecular weight excluding hydrogens is 664 g/mol. The van der Waals surface area contributed by atoms with Gasteiger partial charge in [-0.15, -0.1) is 0 Å². The quantitative estimate of drug-likeness (QED) is 0.0905. The number of rotatable bonds is 6. The lowest BCUT2D eigenvalue weighted by Gasteiger charge is -2.45. The first-order valence-corrected chi connectivity index (χ1v) is 16.0. The second-order valence-corrected chi connectivity index (χ2v) is 13.0. The third-order valence-electron chi connectivity index (χ3n) is 9.95. The minimum absolute atomic E-state index is 0.146. The van der Waals surface area contributed by atoms with Crippen molar-refractivity contribution < 1.29 is 54.1 Å². The number of H-pyrrole nitrogens is 1. The van der Waals surface area contributed by atoms with Crippen molar-refractivity contribution in [3.63, 3.8) is 0 Å². The predicted molar refractivity (Wildman–Crippen MR) is 174 cm³/mol. The molecule has 3 aromatic carbocycles. The number of methoxy groups -OCH3 is 1. The maximum Gasteiger partial charge on any atom is 0.259 e. The van der Waals surface area contributed by atoms with Crippen LogP contribution in [0.1, 0.15) is 26.9 Å². The highest BCUT2D eigenvalue weighted by molar-refractivity contribution is 6.42. The van der Waals surface area contributed by atoms with Gasteiger partial charge in [0, 0.05) is 34.2 Å². The minimum Gasteiger partial charge on any atom is -0.387 e. The lowest BCUT2D eigenvalue weighted by Crippen LogP contribution is -2.67. The third kappa shape index (κ3) is 4.60. The average Bonchev–Trinajstić information content (AvgIpc) is 3.74. The summed E-state index contributed by atoms with van der Waals surface area (Å²) in [4.78, 5) is 30.2. The molecule has 8 rings (SSSR count). The first-order valence-electron chi connectivity index (χ1n) is 15.6. The van der Waals surface area contributed by atoms with Crippen LogP contribution in [0.25, 0.3) is 43.6 Å². The number of aliphatic hydroxyl groups is 5. The van der Waals surface area contributed by atoms with Gasteiger partial charge in [0.15, 0.2) is 18.2 Å². The molecule has 0 unspecified atom stereocenters. The highest BCUT2D eigenvalue weighted by Gasteiger charge is 2.51. The second kappa shape index (κ2) is 11.7. The summed E-state index contributed by atoms with van der Waals surface area (Å²) in [6, 6.07) is 12.4. The zero-order valence-electron chi connectivity index (χ0n) is 26.1. The maximum atomic E-state index is 13.5. The van der Waals surface area contributed by atoms with E-state index < -0.39 is 73.3 Å². The summed E-state index contributed by atoms with van der Waals surface area (Å²) in [7, 11) is 2.72. The van der Waals surface area contributed by atoms with Gasteiger partial charge in [0.2, 0.25) is 0 Å². The van der Waals surface area contributed by atoms with Gasteiger partial charge < -0.3 is 54.0 Å². The number of imide groups is 1. The fraction of sp³-hybridized carbons (Fsp3) is 0.394. The van der Waals surface area contributed by atoms with Gasteiger partial charge in [-0.2, -0.15) is 0 Å². The number of benzene rings is 3. The molecule has 0 saturated carbocycles. The number of aliphatic hydroxyl groups excluding tert-OH is 4. The Kier molecular flexibility index (Phi) is 7.75. The lowest BCUT2D eigenvalue weighted by atomic mass is 9.96. The zero-order chi connectivity index (χ0) is 34.5. The number of nitrogens with one attached hydrogen (secondary N) is 3. The SMILES string of the molecule is CN[C@]1(O)CO[C@@H](OC[C@H]2O[C@@H](n3c4c(Cl)cccc4c4c5c(c6c7ccccc7[nH]c6c43)C(=O)NC5=O)[C@H](O)[C@@H](O)[C@@H]2OC)[C@@H](O)[C@@H]1O. The number of likely N-dealkylation sites (N-methyl/N-ethyl adjacent to an activating group) is 1. The highest BCUT2D eigenvalue weighted by Crippen LogP contribution is 2.47. The van der Waals surface area contributed by atoms with Gasteiger partial charge >= 0.3 is 0 Å². The Morgan fingerprint density at radius 1 is 0.980 bits per heavy atom. The Hall–Kier alpha value is -3.71. The predicted octanol–water partition coefficient (Wildman–Crippen LogP) is 0.603. The largest absolute Gasteiger partial charge is 0.387 e. The van der Waals surface area contributed by atoms with E-state index in [1.54, 1.807) is 22.8 Å². The monoisotopic (exact) mass is 696 g/mol. The van der Waals surface area contributed by atoms with Gasteiger partial charge in [-0.25, -0.2) is 0 Å². The van der Waals surface area contributed by atoms with Crippen LogP contribution < -0.4 is 10.6 Å². The second-order valence-electron chi connectivity index (χ2n) is 12.6. The number of aromatic amines is 1. The van der Waals surface area contributed by atoms with Crippen LogP contribution >= 0.6 is 11.6 Å². The van der Waals surface area contributed by atoms with Crippen LogP contribution in [0, 0.1) is 0 Å². The van der Waals surface area contributed by atoms with Crippen LogP contribution in [0.4, 0.5) is 0 Å². The van der Waals surface area contributed by atoms with Crippen molar-refractivity contribution in [2.75, 3.05) is 27.4 Å². The summed E-state index contributed by atoms with van der Waals surface area (Å²) < 4.78 is 25.0. The topological polar surface area (TPSA) is 217 Å². The van der Waals surface area contributed by atoms with Gasteiger partial charge in [-0.3, -0.25) is 20.2 Å². The Morgan fingerprint density at radius 2 is 1.69 bits per heavy atom. The minimum atomic E-state index is -1.91. The van der Waals surface area contributed by atoms with E-state index in [9.17, 15) is 35.1 Å². The molecule has 8 N–H and O–H groups in total. The van der Waals surface area contributed by atoms with E-state index in [0.29, 0.717) is 43.6 Å². The maximum absolute atomic E-state index is 13.5. The zero-order valence-corrected chi connectivity index (χ0v) is 26.8. The summed E-state index contributed by atoms with van der Waals surface area (Å²) in [6.07, 6.45) is -11.4. The van der Waals surface area contributed by atoms with Crippen molar-refractivity contribution in [1.82, 2.24) is 20.2 Å².